The van der Waals surface area contributed by atoms with Crippen molar-refractivity contribution in [3.63, 3.8) is 0 Å². The molecule has 1 heterocycles. The third-order valence-electron chi connectivity index (χ3n) is 4.05. The van der Waals surface area contributed by atoms with Crippen LogP contribution in [0.5, 0.6) is 0 Å². The average Bonchev–Trinajstić information content (AvgIpc) is 3.00. The highest BCUT2D eigenvalue weighted by molar-refractivity contribution is 9.10. The lowest BCUT2D eigenvalue weighted by molar-refractivity contribution is -0.119. The third kappa shape index (κ3) is 3.82. The van der Waals surface area contributed by atoms with Gasteiger partial charge in [0.2, 0.25) is 5.91 Å². The Morgan fingerprint density at radius 2 is 2.00 bits per heavy atom. The molecule has 2 aromatic rings. The standard InChI is InChI=1S/C18H17BrFN3O2/c1-11(17(24)23-9-8-12-4-2-3-5-16(12)23)21-18(25)22-15-7-6-13(19)10-14(15)20/h2-7,10-11H,8-9H2,1H3,(H2,21,22,25)/t11-/m1/s1. The summed E-state index contributed by atoms with van der Waals surface area (Å²) in [7, 11) is 0. The van der Waals surface area contributed by atoms with Crippen molar-refractivity contribution in [3.05, 3.63) is 58.3 Å². The molecule has 5 nitrogen and oxygen atoms in total. The molecular formula is C18H17BrFN3O2. The fourth-order valence-corrected chi connectivity index (χ4v) is 3.14. The summed E-state index contributed by atoms with van der Waals surface area (Å²) in [5.41, 5.74) is 2.04. The SMILES string of the molecule is C[C@@H](NC(=O)Nc1ccc(Br)cc1F)C(=O)N1CCc2ccccc21. The maximum absolute atomic E-state index is 13.8. The van der Waals surface area contributed by atoms with Crippen LogP contribution in [0.1, 0.15) is 12.5 Å². The Balaban J connectivity index is 1.63. The van der Waals surface area contributed by atoms with Gasteiger partial charge in [-0.2, -0.15) is 0 Å². The predicted molar refractivity (Wildman–Crippen MR) is 98.2 cm³/mol. The minimum Gasteiger partial charge on any atom is -0.326 e. The van der Waals surface area contributed by atoms with Crippen molar-refractivity contribution in [2.45, 2.75) is 19.4 Å². The molecule has 0 aliphatic carbocycles. The molecule has 1 aliphatic rings. The molecule has 0 aromatic heterocycles. The molecule has 25 heavy (non-hydrogen) atoms. The number of fused-ring (bicyclic) bond motifs is 1. The number of nitrogens with one attached hydrogen (secondary N) is 2. The molecule has 0 saturated carbocycles. The van der Waals surface area contributed by atoms with Crippen LogP contribution in [0.3, 0.4) is 0 Å². The Bertz CT molecular complexity index is 828. The van der Waals surface area contributed by atoms with Gasteiger partial charge in [-0.25, -0.2) is 9.18 Å². The second-order valence-corrected chi connectivity index (χ2v) is 6.73. The van der Waals surface area contributed by atoms with Gasteiger partial charge in [0.15, 0.2) is 0 Å². The first-order valence-electron chi connectivity index (χ1n) is 7.87. The highest BCUT2D eigenvalue weighted by Crippen LogP contribution is 2.27. The molecule has 2 aromatic carbocycles. The summed E-state index contributed by atoms with van der Waals surface area (Å²) in [5, 5.41) is 4.97. The lowest BCUT2D eigenvalue weighted by atomic mass is 10.2. The molecule has 0 saturated heterocycles. The smallest absolute Gasteiger partial charge is 0.319 e. The number of halogens is 2. The largest absolute Gasteiger partial charge is 0.326 e. The quantitative estimate of drug-likeness (QED) is 0.817. The first-order chi connectivity index (χ1) is 12.0. The van der Waals surface area contributed by atoms with E-state index in [4.69, 9.17) is 0 Å². The lowest BCUT2D eigenvalue weighted by Crippen LogP contribution is -2.47. The Kier molecular flexibility index (Phi) is 5.03. The van der Waals surface area contributed by atoms with Crippen molar-refractivity contribution in [1.82, 2.24) is 5.32 Å². The van der Waals surface area contributed by atoms with Crippen molar-refractivity contribution in [2.75, 3.05) is 16.8 Å². The molecule has 1 aliphatic heterocycles. The normalized spacial score (nSPS) is 14.0. The summed E-state index contributed by atoms with van der Waals surface area (Å²) in [4.78, 5) is 26.3. The van der Waals surface area contributed by atoms with Gasteiger partial charge in [0, 0.05) is 16.7 Å². The molecule has 7 heteroatoms. The Morgan fingerprint density at radius 1 is 1.24 bits per heavy atom. The number of anilines is 2. The summed E-state index contributed by atoms with van der Waals surface area (Å²) in [5.74, 6) is -0.756. The van der Waals surface area contributed by atoms with Gasteiger partial charge in [0.25, 0.3) is 0 Å². The summed E-state index contributed by atoms with van der Waals surface area (Å²) in [6.45, 7) is 2.20. The van der Waals surface area contributed by atoms with Gasteiger partial charge in [-0.1, -0.05) is 34.1 Å². The van der Waals surface area contributed by atoms with Crippen molar-refractivity contribution in [2.24, 2.45) is 0 Å². The van der Waals surface area contributed by atoms with Gasteiger partial charge in [0.05, 0.1) is 5.69 Å². The minimum atomic E-state index is -0.732. The Hall–Kier alpha value is -2.41. The zero-order chi connectivity index (χ0) is 18.0. The second-order valence-electron chi connectivity index (χ2n) is 5.81. The first-order valence-corrected chi connectivity index (χ1v) is 8.67. The number of amides is 3. The number of hydrogen-bond donors (Lipinski definition) is 2. The summed E-state index contributed by atoms with van der Waals surface area (Å²) >= 11 is 3.15. The van der Waals surface area contributed by atoms with Gasteiger partial charge in [-0.15, -0.1) is 0 Å². The van der Waals surface area contributed by atoms with Crippen LogP contribution in [-0.2, 0) is 11.2 Å². The molecule has 0 fully saturated rings. The summed E-state index contributed by atoms with van der Waals surface area (Å²) in [6.07, 6.45) is 0.797. The van der Waals surface area contributed by atoms with Crippen LogP contribution in [0.2, 0.25) is 0 Å². The zero-order valence-electron chi connectivity index (χ0n) is 13.6. The third-order valence-corrected chi connectivity index (χ3v) is 4.54. The van der Waals surface area contributed by atoms with Crippen molar-refractivity contribution in [3.8, 4) is 0 Å². The van der Waals surface area contributed by atoms with Crippen LogP contribution in [0.15, 0.2) is 46.9 Å². The van der Waals surface area contributed by atoms with E-state index in [9.17, 15) is 14.0 Å². The number of carbonyl (C=O) groups is 2. The molecule has 3 rings (SSSR count). The Labute approximate surface area is 153 Å². The lowest BCUT2D eigenvalue weighted by Gasteiger charge is -2.22. The van der Waals surface area contributed by atoms with Gasteiger partial charge in [0.1, 0.15) is 11.9 Å². The van der Waals surface area contributed by atoms with Gasteiger partial charge in [-0.05, 0) is 43.2 Å². The average molecular weight is 406 g/mol. The number of benzene rings is 2. The van der Waals surface area contributed by atoms with Crippen LogP contribution in [0, 0.1) is 5.82 Å². The molecule has 0 spiro atoms. The molecule has 2 N–H and O–H groups in total. The summed E-state index contributed by atoms with van der Waals surface area (Å²) in [6, 6.07) is 10.7. The van der Waals surface area contributed by atoms with Crippen LogP contribution < -0.4 is 15.5 Å². The maximum Gasteiger partial charge on any atom is 0.319 e. The number of nitrogens with zero attached hydrogens (tertiary/aromatic N) is 1. The summed E-state index contributed by atoms with van der Waals surface area (Å²) < 4.78 is 14.3. The van der Waals surface area contributed by atoms with Gasteiger partial charge >= 0.3 is 6.03 Å². The second kappa shape index (κ2) is 7.23. The molecule has 0 unspecified atom stereocenters. The molecule has 3 amide bonds. The Morgan fingerprint density at radius 3 is 2.76 bits per heavy atom. The highest BCUT2D eigenvalue weighted by atomic mass is 79.9. The van der Waals surface area contributed by atoms with Crippen LogP contribution >= 0.6 is 15.9 Å². The van der Waals surface area contributed by atoms with Crippen molar-refractivity contribution >= 4 is 39.2 Å². The van der Waals surface area contributed by atoms with E-state index in [2.05, 4.69) is 26.6 Å². The first kappa shape index (κ1) is 17.4. The molecule has 0 radical (unpaired) electrons. The monoisotopic (exact) mass is 405 g/mol. The number of rotatable bonds is 3. The number of hydrogen-bond acceptors (Lipinski definition) is 2. The van der Waals surface area contributed by atoms with Gasteiger partial charge < -0.3 is 15.5 Å². The molecule has 0 bridgehead atoms. The van der Waals surface area contributed by atoms with Crippen LogP contribution in [0.4, 0.5) is 20.6 Å². The predicted octanol–water partition coefficient (Wildman–Crippen LogP) is 3.69. The van der Waals surface area contributed by atoms with E-state index in [0.717, 1.165) is 17.7 Å². The number of urea groups is 1. The van der Waals surface area contributed by atoms with E-state index in [1.165, 1.54) is 12.1 Å². The van der Waals surface area contributed by atoms with E-state index < -0.39 is 17.9 Å². The fraction of sp³-hybridized carbons (Fsp3) is 0.222. The molecular weight excluding hydrogens is 389 g/mol. The van der Waals surface area contributed by atoms with Crippen LogP contribution in [0.25, 0.3) is 0 Å². The fourth-order valence-electron chi connectivity index (χ4n) is 2.81. The zero-order valence-corrected chi connectivity index (χ0v) is 15.1. The highest BCUT2D eigenvalue weighted by Gasteiger charge is 2.28. The van der Waals surface area contributed by atoms with E-state index in [1.54, 1.807) is 17.9 Å². The van der Waals surface area contributed by atoms with Crippen LogP contribution in [-0.4, -0.2) is 24.5 Å². The van der Waals surface area contributed by atoms with Crippen molar-refractivity contribution in [1.29, 1.82) is 0 Å². The molecule has 1 atom stereocenters. The maximum atomic E-state index is 13.8. The minimum absolute atomic E-state index is 0.0480. The van der Waals surface area contributed by atoms with E-state index in [0.29, 0.717) is 11.0 Å². The van der Waals surface area contributed by atoms with E-state index in [-0.39, 0.29) is 11.6 Å². The van der Waals surface area contributed by atoms with Crippen molar-refractivity contribution < 1.29 is 14.0 Å². The number of carbonyl (C=O) groups excluding carboxylic acids is 2. The van der Waals surface area contributed by atoms with E-state index in [1.807, 2.05) is 24.3 Å². The van der Waals surface area contributed by atoms with Gasteiger partial charge in [-0.3, -0.25) is 4.79 Å². The van der Waals surface area contributed by atoms with E-state index >= 15 is 0 Å². The topological polar surface area (TPSA) is 61.4 Å². The number of para-hydroxylation sites is 1. The molecule has 130 valence electrons.